The Morgan fingerprint density at radius 3 is 2.44 bits per heavy atom. The number of aromatic nitrogens is 1. The maximum atomic E-state index is 12.5. The average Bonchev–Trinajstić information content (AvgIpc) is 2.80. The van der Waals surface area contributed by atoms with Gasteiger partial charge in [0.1, 0.15) is 0 Å². The molecule has 1 fully saturated rings. The molecule has 98 valence electrons. The third-order valence-electron chi connectivity index (χ3n) is 3.25. The molecular formula is C12H13F3N2O. The molecule has 0 spiro atoms. The first-order chi connectivity index (χ1) is 8.39. The molecule has 0 saturated heterocycles. The van der Waals surface area contributed by atoms with E-state index in [1.165, 1.54) is 0 Å². The first kappa shape index (κ1) is 12.9. The van der Waals surface area contributed by atoms with Crippen LogP contribution in [0.25, 0.3) is 0 Å². The van der Waals surface area contributed by atoms with Crippen LogP contribution in [0.5, 0.6) is 0 Å². The Kier molecular flexibility index (Phi) is 3.28. The summed E-state index contributed by atoms with van der Waals surface area (Å²) in [7, 11) is 0. The fourth-order valence-corrected chi connectivity index (χ4v) is 2.35. The third kappa shape index (κ3) is 2.47. The smallest absolute Gasteiger partial charge is 0.366 e. The number of pyridine rings is 1. The minimum Gasteiger partial charge on any atom is -0.366 e. The van der Waals surface area contributed by atoms with Crippen LogP contribution in [-0.4, -0.2) is 10.9 Å². The predicted molar refractivity (Wildman–Crippen MR) is 59.0 cm³/mol. The highest BCUT2D eigenvalue weighted by Crippen LogP contribution is 2.36. The molecule has 0 unspecified atom stereocenters. The van der Waals surface area contributed by atoms with Gasteiger partial charge in [-0.3, -0.25) is 9.78 Å². The van der Waals surface area contributed by atoms with Crippen molar-refractivity contribution in [3.8, 4) is 0 Å². The van der Waals surface area contributed by atoms with Crippen molar-refractivity contribution in [1.82, 2.24) is 4.98 Å². The van der Waals surface area contributed by atoms with E-state index in [0.717, 1.165) is 37.9 Å². The molecule has 1 aromatic heterocycles. The number of amides is 1. The van der Waals surface area contributed by atoms with Gasteiger partial charge in [0.25, 0.3) is 5.91 Å². The van der Waals surface area contributed by atoms with E-state index < -0.39 is 17.6 Å². The van der Waals surface area contributed by atoms with Gasteiger partial charge in [0, 0.05) is 12.1 Å². The summed E-state index contributed by atoms with van der Waals surface area (Å²) < 4.78 is 37.6. The van der Waals surface area contributed by atoms with Gasteiger partial charge in [0.05, 0.1) is 16.8 Å². The summed E-state index contributed by atoms with van der Waals surface area (Å²) in [6.07, 6.45) is -0.0278. The van der Waals surface area contributed by atoms with Crippen molar-refractivity contribution in [3.63, 3.8) is 0 Å². The maximum absolute atomic E-state index is 12.5. The second-order valence-corrected chi connectivity index (χ2v) is 4.50. The van der Waals surface area contributed by atoms with Crippen molar-refractivity contribution in [3.05, 3.63) is 29.1 Å². The molecule has 1 aliphatic carbocycles. The standard InChI is InChI=1S/C12H13F3N2O/c13-12(14,15)8-5-9(11(16)18)10(17-6-8)7-3-1-2-4-7/h5-7H,1-4H2,(H2,16,18). The Morgan fingerprint density at radius 1 is 1.33 bits per heavy atom. The number of hydrogen-bond donors (Lipinski definition) is 1. The topological polar surface area (TPSA) is 56.0 Å². The first-order valence-corrected chi connectivity index (χ1v) is 5.76. The van der Waals surface area contributed by atoms with Crippen molar-refractivity contribution >= 4 is 5.91 Å². The highest BCUT2D eigenvalue weighted by molar-refractivity contribution is 5.94. The number of carbonyl (C=O) groups is 1. The number of hydrogen-bond acceptors (Lipinski definition) is 2. The largest absolute Gasteiger partial charge is 0.417 e. The number of rotatable bonds is 2. The summed E-state index contributed by atoms with van der Waals surface area (Å²) in [5.74, 6) is -0.801. The second-order valence-electron chi connectivity index (χ2n) is 4.50. The van der Waals surface area contributed by atoms with Crippen LogP contribution in [0.2, 0.25) is 0 Å². The van der Waals surface area contributed by atoms with Gasteiger partial charge in [-0.15, -0.1) is 0 Å². The minimum atomic E-state index is -4.51. The number of nitrogens with two attached hydrogens (primary N) is 1. The van der Waals surface area contributed by atoms with Crippen molar-refractivity contribution < 1.29 is 18.0 Å². The highest BCUT2D eigenvalue weighted by atomic mass is 19.4. The summed E-state index contributed by atoms with van der Waals surface area (Å²) >= 11 is 0. The Morgan fingerprint density at radius 2 is 1.94 bits per heavy atom. The minimum absolute atomic E-state index is 0.0507. The number of alkyl halides is 3. The Bertz CT molecular complexity index is 465. The highest BCUT2D eigenvalue weighted by Gasteiger charge is 2.33. The zero-order valence-electron chi connectivity index (χ0n) is 9.63. The van der Waals surface area contributed by atoms with Gasteiger partial charge in [0.15, 0.2) is 0 Å². The summed E-state index contributed by atoms with van der Waals surface area (Å²) in [6.45, 7) is 0. The first-order valence-electron chi connectivity index (χ1n) is 5.76. The second kappa shape index (κ2) is 4.59. The number of primary amides is 1. The van der Waals surface area contributed by atoms with Crippen LogP contribution in [0.1, 0.15) is 53.2 Å². The predicted octanol–water partition coefficient (Wildman–Crippen LogP) is 2.86. The average molecular weight is 258 g/mol. The fraction of sp³-hybridized carbons (Fsp3) is 0.500. The monoisotopic (exact) mass is 258 g/mol. The molecule has 0 atom stereocenters. The van der Waals surface area contributed by atoms with Crippen molar-refractivity contribution in [2.24, 2.45) is 5.73 Å². The third-order valence-corrected chi connectivity index (χ3v) is 3.25. The molecular weight excluding hydrogens is 245 g/mol. The number of nitrogens with zero attached hydrogens (tertiary/aromatic N) is 1. The molecule has 1 saturated carbocycles. The SMILES string of the molecule is NC(=O)c1cc(C(F)(F)F)cnc1C1CCCC1. The van der Waals surface area contributed by atoms with Gasteiger partial charge in [-0.25, -0.2) is 0 Å². The molecule has 1 aromatic rings. The quantitative estimate of drug-likeness (QED) is 0.886. The van der Waals surface area contributed by atoms with E-state index in [-0.39, 0.29) is 11.5 Å². The molecule has 3 nitrogen and oxygen atoms in total. The lowest BCUT2D eigenvalue weighted by atomic mass is 9.97. The van der Waals surface area contributed by atoms with E-state index in [0.29, 0.717) is 5.69 Å². The molecule has 0 radical (unpaired) electrons. The van der Waals surface area contributed by atoms with Crippen molar-refractivity contribution in [2.75, 3.05) is 0 Å². The van der Waals surface area contributed by atoms with Gasteiger partial charge in [-0.1, -0.05) is 12.8 Å². The van der Waals surface area contributed by atoms with Gasteiger partial charge < -0.3 is 5.73 Å². The molecule has 6 heteroatoms. The summed E-state index contributed by atoms with van der Waals surface area (Å²) in [5, 5.41) is 0. The molecule has 0 aliphatic heterocycles. The Labute approximate surface area is 102 Å². The lowest BCUT2D eigenvalue weighted by molar-refractivity contribution is -0.137. The van der Waals surface area contributed by atoms with Crippen LogP contribution >= 0.6 is 0 Å². The Hall–Kier alpha value is -1.59. The molecule has 0 aromatic carbocycles. The number of halogens is 3. The molecule has 0 bridgehead atoms. The van der Waals surface area contributed by atoms with Crippen LogP contribution in [0.3, 0.4) is 0 Å². The van der Waals surface area contributed by atoms with Gasteiger partial charge in [-0.2, -0.15) is 13.2 Å². The summed E-state index contributed by atoms with van der Waals surface area (Å²) in [6, 6.07) is 0.809. The zero-order chi connectivity index (χ0) is 13.3. The van der Waals surface area contributed by atoms with Crippen LogP contribution in [0.15, 0.2) is 12.3 Å². The van der Waals surface area contributed by atoms with Crippen LogP contribution in [0.4, 0.5) is 13.2 Å². The Balaban J connectivity index is 2.44. The molecule has 1 heterocycles. The summed E-state index contributed by atoms with van der Waals surface area (Å²) in [5.41, 5.74) is 4.53. The lowest BCUT2D eigenvalue weighted by Gasteiger charge is -2.14. The molecule has 1 amide bonds. The van der Waals surface area contributed by atoms with E-state index in [4.69, 9.17) is 5.73 Å². The molecule has 2 rings (SSSR count). The van der Waals surface area contributed by atoms with E-state index in [1.54, 1.807) is 0 Å². The van der Waals surface area contributed by atoms with E-state index in [9.17, 15) is 18.0 Å². The molecule has 2 N–H and O–H groups in total. The van der Waals surface area contributed by atoms with Gasteiger partial charge in [-0.05, 0) is 18.9 Å². The van der Waals surface area contributed by atoms with Crippen LogP contribution in [-0.2, 0) is 6.18 Å². The van der Waals surface area contributed by atoms with Crippen molar-refractivity contribution in [1.29, 1.82) is 0 Å². The molecule has 18 heavy (non-hydrogen) atoms. The van der Waals surface area contributed by atoms with Gasteiger partial charge >= 0.3 is 6.18 Å². The fourth-order valence-electron chi connectivity index (χ4n) is 2.35. The van der Waals surface area contributed by atoms with Crippen molar-refractivity contribution in [2.45, 2.75) is 37.8 Å². The van der Waals surface area contributed by atoms with E-state index in [1.807, 2.05) is 0 Å². The normalized spacial score (nSPS) is 17.1. The zero-order valence-corrected chi connectivity index (χ0v) is 9.63. The number of carbonyl (C=O) groups excluding carboxylic acids is 1. The summed E-state index contributed by atoms with van der Waals surface area (Å²) in [4.78, 5) is 15.1. The van der Waals surface area contributed by atoms with E-state index >= 15 is 0 Å². The lowest BCUT2D eigenvalue weighted by Crippen LogP contribution is -2.18. The maximum Gasteiger partial charge on any atom is 0.417 e. The van der Waals surface area contributed by atoms with Gasteiger partial charge in [0.2, 0.25) is 0 Å². The van der Waals surface area contributed by atoms with Crippen LogP contribution < -0.4 is 5.73 Å². The van der Waals surface area contributed by atoms with Crippen LogP contribution in [0, 0.1) is 0 Å². The van der Waals surface area contributed by atoms with E-state index in [2.05, 4.69) is 4.98 Å². The molecule has 1 aliphatic rings.